The Balaban J connectivity index is 2.27. The zero-order valence-electron chi connectivity index (χ0n) is 7.84. The molecule has 0 N–H and O–H groups in total. The smallest absolute Gasteiger partial charge is 0.232 e. The van der Waals surface area contributed by atoms with Crippen molar-refractivity contribution in [3.63, 3.8) is 0 Å². The summed E-state index contributed by atoms with van der Waals surface area (Å²) in [5.74, 6) is 0.544. The predicted octanol–water partition coefficient (Wildman–Crippen LogP) is 0.820. The number of carbonyl (C=O) groups excluding carboxylic acids is 1. The Morgan fingerprint density at radius 1 is 1.64 bits per heavy atom. The number of nitrogens with zero attached hydrogens (tertiary/aromatic N) is 3. The van der Waals surface area contributed by atoms with Gasteiger partial charge in [-0.1, -0.05) is 0 Å². The first-order valence-electron chi connectivity index (χ1n) is 4.45. The van der Waals surface area contributed by atoms with Gasteiger partial charge in [0.2, 0.25) is 11.9 Å². The fraction of sp³-hybridized carbons (Fsp3) is 0.444. The van der Waals surface area contributed by atoms with Gasteiger partial charge in [0.25, 0.3) is 0 Å². The van der Waals surface area contributed by atoms with E-state index in [1.54, 1.807) is 11.1 Å². The highest BCUT2D eigenvalue weighted by Crippen LogP contribution is 2.20. The van der Waals surface area contributed by atoms with Gasteiger partial charge in [0, 0.05) is 30.1 Å². The highest BCUT2D eigenvalue weighted by atomic mass is 32.1. The number of hydrogen-bond donors (Lipinski definition) is 1. The van der Waals surface area contributed by atoms with Gasteiger partial charge >= 0.3 is 0 Å². The Morgan fingerprint density at radius 3 is 3.00 bits per heavy atom. The van der Waals surface area contributed by atoms with E-state index in [0.29, 0.717) is 18.9 Å². The standard InChI is InChI=1S/C9H11N3OS/c1-6-2-3-10-9(11-6)12-5-7(14)4-8(12)13/h2-3,7,14H,4-5H2,1H3. The molecule has 0 spiro atoms. The Kier molecular flexibility index (Phi) is 2.41. The summed E-state index contributed by atoms with van der Waals surface area (Å²) in [6.45, 7) is 2.48. The number of anilines is 1. The Hall–Kier alpha value is -1.10. The van der Waals surface area contributed by atoms with Crippen molar-refractivity contribution in [1.82, 2.24) is 9.97 Å². The highest BCUT2D eigenvalue weighted by molar-refractivity contribution is 7.81. The van der Waals surface area contributed by atoms with Crippen LogP contribution in [0, 0.1) is 6.92 Å². The second-order valence-corrected chi connectivity index (χ2v) is 4.09. The van der Waals surface area contributed by atoms with E-state index in [9.17, 15) is 4.79 Å². The van der Waals surface area contributed by atoms with Gasteiger partial charge in [0.05, 0.1) is 0 Å². The Morgan fingerprint density at radius 2 is 2.43 bits per heavy atom. The van der Waals surface area contributed by atoms with Crippen molar-refractivity contribution in [2.45, 2.75) is 18.6 Å². The third kappa shape index (κ3) is 1.72. The van der Waals surface area contributed by atoms with Crippen LogP contribution in [0.25, 0.3) is 0 Å². The van der Waals surface area contributed by atoms with Crippen molar-refractivity contribution >= 4 is 24.5 Å². The van der Waals surface area contributed by atoms with Gasteiger partial charge in [-0.25, -0.2) is 9.97 Å². The fourth-order valence-corrected chi connectivity index (χ4v) is 1.77. The second kappa shape index (κ2) is 3.57. The molecule has 0 saturated carbocycles. The van der Waals surface area contributed by atoms with Crippen LogP contribution in [0.1, 0.15) is 12.1 Å². The van der Waals surface area contributed by atoms with Crippen LogP contribution in [0.5, 0.6) is 0 Å². The summed E-state index contributed by atoms with van der Waals surface area (Å²) in [7, 11) is 0. The molecule has 1 atom stereocenters. The molecule has 1 aliphatic heterocycles. The van der Waals surface area contributed by atoms with Gasteiger partial charge in [0.15, 0.2) is 0 Å². The second-order valence-electron chi connectivity index (χ2n) is 3.36. The third-order valence-corrected chi connectivity index (χ3v) is 2.47. The van der Waals surface area contributed by atoms with E-state index in [1.165, 1.54) is 0 Å². The lowest BCUT2D eigenvalue weighted by Crippen LogP contribution is -2.26. The van der Waals surface area contributed by atoms with E-state index in [2.05, 4.69) is 22.6 Å². The number of hydrogen-bond acceptors (Lipinski definition) is 4. The average Bonchev–Trinajstić information content (AvgIpc) is 2.45. The van der Waals surface area contributed by atoms with E-state index in [0.717, 1.165) is 5.69 Å². The molecule has 0 aliphatic carbocycles. The molecule has 1 fully saturated rings. The van der Waals surface area contributed by atoms with Gasteiger partial charge < -0.3 is 0 Å². The van der Waals surface area contributed by atoms with Gasteiger partial charge in [-0.2, -0.15) is 12.6 Å². The maximum absolute atomic E-state index is 11.5. The monoisotopic (exact) mass is 209 g/mol. The predicted molar refractivity (Wildman–Crippen MR) is 56.5 cm³/mol. The zero-order valence-corrected chi connectivity index (χ0v) is 8.74. The molecule has 14 heavy (non-hydrogen) atoms. The first-order chi connectivity index (χ1) is 6.66. The van der Waals surface area contributed by atoms with Crippen LogP contribution < -0.4 is 4.90 Å². The molecular weight excluding hydrogens is 198 g/mol. The summed E-state index contributed by atoms with van der Waals surface area (Å²) < 4.78 is 0. The van der Waals surface area contributed by atoms with Crippen molar-refractivity contribution < 1.29 is 4.79 Å². The van der Waals surface area contributed by atoms with Crippen molar-refractivity contribution in [2.24, 2.45) is 0 Å². The number of aryl methyl sites for hydroxylation is 1. The molecule has 74 valence electrons. The van der Waals surface area contributed by atoms with Crippen molar-refractivity contribution in [2.75, 3.05) is 11.4 Å². The molecular formula is C9H11N3OS. The van der Waals surface area contributed by atoms with Crippen molar-refractivity contribution in [3.8, 4) is 0 Å². The molecule has 4 nitrogen and oxygen atoms in total. The summed E-state index contributed by atoms with van der Waals surface area (Å²) >= 11 is 4.27. The lowest BCUT2D eigenvalue weighted by molar-refractivity contribution is -0.117. The topological polar surface area (TPSA) is 46.1 Å². The quantitative estimate of drug-likeness (QED) is 0.696. The molecule has 1 amide bonds. The van der Waals surface area contributed by atoms with Gasteiger partial charge in [-0.05, 0) is 13.0 Å². The summed E-state index contributed by atoms with van der Waals surface area (Å²) in [5.41, 5.74) is 0.866. The average molecular weight is 209 g/mol. The zero-order chi connectivity index (χ0) is 10.1. The molecule has 1 aliphatic rings. The number of amides is 1. The van der Waals surface area contributed by atoms with Crippen LogP contribution in [0.4, 0.5) is 5.95 Å². The highest BCUT2D eigenvalue weighted by Gasteiger charge is 2.29. The van der Waals surface area contributed by atoms with E-state index in [1.807, 2.05) is 13.0 Å². The van der Waals surface area contributed by atoms with Crippen LogP contribution in [-0.4, -0.2) is 27.7 Å². The van der Waals surface area contributed by atoms with E-state index < -0.39 is 0 Å². The number of aromatic nitrogens is 2. The molecule has 1 aromatic rings. The molecule has 1 aromatic heterocycles. The normalized spacial score (nSPS) is 21.7. The Bertz CT molecular complexity index is 369. The molecule has 0 aromatic carbocycles. The minimum Gasteiger partial charge on any atom is -0.280 e. The van der Waals surface area contributed by atoms with Crippen LogP contribution in [0.3, 0.4) is 0 Å². The van der Waals surface area contributed by atoms with Gasteiger partial charge in [-0.15, -0.1) is 0 Å². The summed E-state index contributed by atoms with van der Waals surface area (Å²) in [5, 5.41) is 0.103. The van der Waals surface area contributed by atoms with Gasteiger partial charge in [0.1, 0.15) is 0 Å². The van der Waals surface area contributed by atoms with E-state index in [4.69, 9.17) is 0 Å². The number of rotatable bonds is 1. The maximum atomic E-state index is 11.5. The van der Waals surface area contributed by atoms with Crippen LogP contribution >= 0.6 is 12.6 Å². The third-order valence-electron chi connectivity index (χ3n) is 2.13. The molecule has 1 unspecified atom stereocenters. The summed E-state index contributed by atoms with van der Waals surface area (Å²) in [6, 6.07) is 1.81. The van der Waals surface area contributed by atoms with Crippen LogP contribution in [-0.2, 0) is 4.79 Å². The molecule has 0 radical (unpaired) electrons. The molecule has 5 heteroatoms. The summed E-state index contributed by atoms with van der Waals surface area (Å²) in [6.07, 6.45) is 2.14. The van der Waals surface area contributed by atoms with E-state index >= 15 is 0 Å². The minimum atomic E-state index is 0.0515. The van der Waals surface area contributed by atoms with Crippen molar-refractivity contribution in [1.29, 1.82) is 0 Å². The maximum Gasteiger partial charge on any atom is 0.232 e. The lowest BCUT2D eigenvalue weighted by atomic mass is 10.4. The molecule has 2 rings (SSSR count). The lowest BCUT2D eigenvalue weighted by Gasteiger charge is -2.13. The largest absolute Gasteiger partial charge is 0.280 e. The fourth-order valence-electron chi connectivity index (χ4n) is 1.45. The first-order valence-corrected chi connectivity index (χ1v) is 4.96. The molecule has 2 heterocycles. The summed E-state index contributed by atoms with van der Waals surface area (Å²) in [4.78, 5) is 21.3. The molecule has 0 bridgehead atoms. The SMILES string of the molecule is Cc1ccnc(N2CC(S)CC2=O)n1. The first kappa shape index (κ1) is 9.45. The Labute approximate surface area is 87.8 Å². The van der Waals surface area contributed by atoms with Crippen LogP contribution in [0.2, 0.25) is 0 Å². The van der Waals surface area contributed by atoms with E-state index in [-0.39, 0.29) is 11.2 Å². The number of carbonyl (C=O) groups is 1. The van der Waals surface area contributed by atoms with Gasteiger partial charge in [-0.3, -0.25) is 9.69 Å². The van der Waals surface area contributed by atoms with Crippen molar-refractivity contribution in [3.05, 3.63) is 18.0 Å². The molecule has 1 saturated heterocycles. The van der Waals surface area contributed by atoms with Crippen LogP contribution in [0.15, 0.2) is 12.3 Å². The minimum absolute atomic E-state index is 0.0515. The number of thiol groups is 1.